The SMILES string of the molecule is Cn1cc(Cc2nc(N)nc(-c3cccc(-n4ccc5cc(C6CC6)cc(F)c5c4=O)c3COC(=O)C34CC5CC(CC(C5)C3)C4)n2)cn1. The minimum Gasteiger partial charge on any atom is -0.460 e. The van der Waals surface area contributed by atoms with Crippen LogP contribution in [0.15, 0.2) is 59.8 Å². The lowest BCUT2D eigenvalue weighted by Crippen LogP contribution is -2.50. The summed E-state index contributed by atoms with van der Waals surface area (Å²) in [5, 5.41) is 4.84. The number of carbonyl (C=O) groups is 1. The number of halogens is 1. The van der Waals surface area contributed by atoms with Crippen LogP contribution in [-0.2, 0) is 29.6 Å². The highest BCUT2D eigenvalue weighted by molar-refractivity contribution is 5.84. The van der Waals surface area contributed by atoms with Gasteiger partial charge in [0.1, 0.15) is 18.2 Å². The Morgan fingerprint density at radius 3 is 2.49 bits per heavy atom. The van der Waals surface area contributed by atoms with Crippen LogP contribution in [0.5, 0.6) is 0 Å². The fourth-order valence-electron chi connectivity index (χ4n) is 9.39. The number of nitrogens with two attached hydrogens (primary N) is 1. The van der Waals surface area contributed by atoms with Gasteiger partial charge in [0.05, 0.1) is 22.7 Å². The summed E-state index contributed by atoms with van der Waals surface area (Å²) in [5.41, 5.74) is 8.66. The number of pyridine rings is 1. The van der Waals surface area contributed by atoms with Gasteiger partial charge in [-0.1, -0.05) is 18.2 Å². The van der Waals surface area contributed by atoms with Crippen molar-refractivity contribution in [1.82, 2.24) is 29.3 Å². The van der Waals surface area contributed by atoms with Gasteiger partial charge < -0.3 is 10.5 Å². The molecule has 0 saturated heterocycles. The summed E-state index contributed by atoms with van der Waals surface area (Å²) in [6.45, 7) is -0.108. The predicted molar refractivity (Wildman–Crippen MR) is 181 cm³/mol. The number of carbonyl (C=O) groups excluding carboxylic acids is 1. The number of rotatable bonds is 8. The lowest BCUT2D eigenvalue weighted by atomic mass is 9.49. The van der Waals surface area contributed by atoms with Crippen LogP contribution in [0, 0.1) is 29.0 Å². The molecular formula is C38H38FN7O3. The number of hydrogen-bond donors (Lipinski definition) is 1. The topological polar surface area (TPSA) is 131 Å². The second-order valence-corrected chi connectivity index (χ2v) is 14.9. The van der Waals surface area contributed by atoms with Crippen molar-refractivity contribution in [1.29, 1.82) is 0 Å². The highest BCUT2D eigenvalue weighted by atomic mass is 19.1. The maximum Gasteiger partial charge on any atom is 0.312 e. The molecule has 250 valence electrons. The van der Waals surface area contributed by atoms with Crippen LogP contribution in [0.25, 0.3) is 27.8 Å². The fourth-order valence-corrected chi connectivity index (χ4v) is 9.39. The Morgan fingerprint density at radius 2 is 1.80 bits per heavy atom. The zero-order chi connectivity index (χ0) is 33.4. The number of aromatic nitrogens is 6. The van der Waals surface area contributed by atoms with Crippen LogP contribution < -0.4 is 11.3 Å². The van der Waals surface area contributed by atoms with Crippen LogP contribution in [0.2, 0.25) is 0 Å². The van der Waals surface area contributed by atoms with Crippen LogP contribution in [0.1, 0.15) is 79.8 Å². The lowest BCUT2D eigenvalue weighted by Gasteiger charge is -2.55. The van der Waals surface area contributed by atoms with E-state index in [0.717, 1.165) is 43.2 Å². The average molecular weight is 660 g/mol. The Labute approximate surface area is 282 Å². The highest BCUT2D eigenvalue weighted by Crippen LogP contribution is 2.60. The number of aryl methyl sites for hydroxylation is 1. The van der Waals surface area contributed by atoms with Crippen molar-refractivity contribution in [2.75, 3.05) is 5.73 Å². The molecule has 3 heterocycles. The molecule has 49 heavy (non-hydrogen) atoms. The number of hydrogen-bond acceptors (Lipinski definition) is 8. The normalized spacial score (nSPS) is 24.1. The van der Waals surface area contributed by atoms with Gasteiger partial charge in [0, 0.05) is 37.0 Å². The first-order chi connectivity index (χ1) is 23.7. The second kappa shape index (κ2) is 11.3. The van der Waals surface area contributed by atoms with Crippen LogP contribution in [-0.4, -0.2) is 35.3 Å². The molecule has 5 saturated carbocycles. The molecule has 11 heteroatoms. The van der Waals surface area contributed by atoms with E-state index in [4.69, 9.17) is 15.5 Å². The quantitative estimate of drug-likeness (QED) is 0.200. The predicted octanol–water partition coefficient (Wildman–Crippen LogP) is 6.03. The molecule has 0 unspecified atom stereocenters. The molecule has 5 aliphatic rings. The number of nitrogen functional groups attached to an aromatic ring is 1. The third-order valence-electron chi connectivity index (χ3n) is 11.3. The Morgan fingerprint density at radius 1 is 1.04 bits per heavy atom. The fraction of sp³-hybridized carbons (Fsp3) is 0.421. The van der Waals surface area contributed by atoms with E-state index in [-0.39, 0.29) is 23.9 Å². The van der Waals surface area contributed by atoms with Gasteiger partial charge in [-0.05, 0) is 110 Å². The number of anilines is 1. The van der Waals surface area contributed by atoms with Crippen molar-refractivity contribution >= 4 is 22.7 Å². The van der Waals surface area contributed by atoms with E-state index in [1.165, 1.54) is 29.9 Å². The molecule has 2 N–H and O–H groups in total. The second-order valence-electron chi connectivity index (χ2n) is 14.9. The van der Waals surface area contributed by atoms with Gasteiger partial charge in [0.2, 0.25) is 5.95 Å². The zero-order valence-corrected chi connectivity index (χ0v) is 27.4. The summed E-state index contributed by atoms with van der Waals surface area (Å²) in [6.07, 6.45) is 14.0. The first-order valence-electron chi connectivity index (χ1n) is 17.3. The molecule has 5 aliphatic carbocycles. The van der Waals surface area contributed by atoms with Crippen molar-refractivity contribution in [2.24, 2.45) is 30.2 Å². The highest BCUT2D eigenvalue weighted by Gasteiger charge is 2.55. The summed E-state index contributed by atoms with van der Waals surface area (Å²) in [6, 6.07) is 10.6. The first-order valence-corrected chi connectivity index (χ1v) is 17.3. The molecule has 5 aromatic rings. The summed E-state index contributed by atoms with van der Waals surface area (Å²) in [5.74, 6) is 2.18. The van der Waals surface area contributed by atoms with Gasteiger partial charge in [0.15, 0.2) is 5.82 Å². The van der Waals surface area contributed by atoms with E-state index in [0.29, 0.717) is 63.9 Å². The smallest absolute Gasteiger partial charge is 0.312 e. The average Bonchev–Trinajstić information content (AvgIpc) is 3.84. The molecule has 5 fully saturated rings. The Bertz CT molecular complexity index is 2170. The van der Waals surface area contributed by atoms with Crippen molar-refractivity contribution in [3.63, 3.8) is 0 Å². The summed E-state index contributed by atoms with van der Waals surface area (Å²) in [4.78, 5) is 41.8. The maximum absolute atomic E-state index is 15.6. The molecule has 0 spiro atoms. The van der Waals surface area contributed by atoms with E-state index < -0.39 is 16.8 Å². The van der Waals surface area contributed by atoms with Gasteiger partial charge in [-0.25, -0.2) is 9.37 Å². The lowest BCUT2D eigenvalue weighted by molar-refractivity contribution is -0.172. The third-order valence-corrected chi connectivity index (χ3v) is 11.3. The monoisotopic (exact) mass is 659 g/mol. The van der Waals surface area contributed by atoms with Crippen molar-refractivity contribution < 1.29 is 13.9 Å². The van der Waals surface area contributed by atoms with E-state index in [1.54, 1.807) is 35.3 Å². The molecule has 0 aliphatic heterocycles. The summed E-state index contributed by atoms with van der Waals surface area (Å²) >= 11 is 0. The number of ether oxygens (including phenoxy) is 1. The Hall–Kier alpha value is -4.93. The van der Waals surface area contributed by atoms with E-state index in [1.807, 2.05) is 25.4 Å². The van der Waals surface area contributed by atoms with Gasteiger partial charge >= 0.3 is 5.97 Å². The molecule has 0 atom stereocenters. The molecule has 0 radical (unpaired) electrons. The van der Waals surface area contributed by atoms with Gasteiger partial charge in [-0.3, -0.25) is 18.8 Å². The van der Waals surface area contributed by atoms with Crippen molar-refractivity contribution in [2.45, 2.75) is 70.3 Å². The zero-order valence-electron chi connectivity index (χ0n) is 27.4. The Balaban J connectivity index is 1.14. The van der Waals surface area contributed by atoms with Crippen molar-refractivity contribution in [3.05, 3.63) is 93.7 Å². The van der Waals surface area contributed by atoms with Gasteiger partial charge in [-0.15, -0.1) is 0 Å². The van der Waals surface area contributed by atoms with E-state index in [2.05, 4.69) is 15.1 Å². The van der Waals surface area contributed by atoms with Crippen LogP contribution in [0.4, 0.5) is 10.3 Å². The summed E-state index contributed by atoms with van der Waals surface area (Å²) < 4.78 is 25.0. The minimum atomic E-state index is -0.532. The Kier molecular flexibility index (Phi) is 6.96. The molecule has 4 bridgehead atoms. The van der Waals surface area contributed by atoms with Crippen LogP contribution >= 0.6 is 0 Å². The van der Waals surface area contributed by atoms with Gasteiger partial charge in [0.25, 0.3) is 5.56 Å². The van der Waals surface area contributed by atoms with Crippen molar-refractivity contribution in [3.8, 4) is 17.1 Å². The molecule has 10 nitrogen and oxygen atoms in total. The molecular weight excluding hydrogens is 621 g/mol. The van der Waals surface area contributed by atoms with E-state index >= 15 is 4.39 Å². The molecule has 0 amide bonds. The van der Waals surface area contributed by atoms with Crippen LogP contribution in [0.3, 0.4) is 0 Å². The number of nitrogens with zero attached hydrogens (tertiary/aromatic N) is 6. The first kappa shape index (κ1) is 30.2. The standard InChI is InChI=1S/C38H38FN7O3/c1-45-19-24(18-41-45)12-32-42-34(44-37(40)43-32)28-3-2-4-31(46-8-7-26-13-27(25-5-6-25)14-30(39)33(26)35(46)47)29(28)20-49-36(48)38-15-21-9-22(16-38)11-23(10-21)17-38/h2-4,7-8,13-14,18-19,21-23,25H,5-6,9-12,15-17,20H2,1H3,(H2,40,42,43,44). The third kappa shape index (κ3) is 5.39. The summed E-state index contributed by atoms with van der Waals surface area (Å²) in [7, 11) is 1.84. The van der Waals surface area contributed by atoms with E-state index in [9.17, 15) is 9.59 Å². The molecule has 2 aromatic carbocycles. The minimum absolute atomic E-state index is 0.0250. The molecule has 3 aromatic heterocycles. The number of esters is 1. The molecule has 10 rings (SSSR count). The van der Waals surface area contributed by atoms with Gasteiger partial charge in [-0.2, -0.15) is 15.1 Å². The number of benzene rings is 2. The number of fused-ring (bicyclic) bond motifs is 1. The maximum atomic E-state index is 15.6. The largest absolute Gasteiger partial charge is 0.460 e.